The van der Waals surface area contributed by atoms with Gasteiger partial charge in [0.05, 0.1) is 26.4 Å². The van der Waals surface area contributed by atoms with Crippen LogP contribution in [-0.2, 0) is 9.47 Å². The number of morpholine rings is 2. The summed E-state index contributed by atoms with van der Waals surface area (Å²) in [6.45, 7) is 7.10. The Morgan fingerprint density at radius 2 is 1.12 bits per heavy atom. The van der Waals surface area contributed by atoms with E-state index in [9.17, 15) is 9.59 Å². The van der Waals surface area contributed by atoms with Gasteiger partial charge in [0.25, 0.3) is 0 Å². The van der Waals surface area contributed by atoms with Crippen molar-refractivity contribution < 1.29 is 37.9 Å². The van der Waals surface area contributed by atoms with Crippen LogP contribution in [0.2, 0.25) is 0 Å². The lowest BCUT2D eigenvalue weighted by molar-refractivity contribution is 0.109. The summed E-state index contributed by atoms with van der Waals surface area (Å²) in [7, 11) is -1.64. The second-order valence-electron chi connectivity index (χ2n) is 9.27. The van der Waals surface area contributed by atoms with Gasteiger partial charge in [0.1, 0.15) is 11.4 Å². The van der Waals surface area contributed by atoms with Gasteiger partial charge in [0.2, 0.25) is 0 Å². The summed E-state index contributed by atoms with van der Waals surface area (Å²) in [4.78, 5) is 25.2. The predicted octanol–water partition coefficient (Wildman–Crippen LogP) is 3.65. The van der Waals surface area contributed by atoms with Crippen LogP contribution in [0.3, 0.4) is 0 Å². The van der Waals surface area contributed by atoms with Crippen molar-refractivity contribution in [1.82, 2.24) is 0 Å². The molecule has 0 atom stereocenters. The van der Waals surface area contributed by atoms with E-state index in [2.05, 4.69) is 66.5 Å². The molecule has 0 radical (unpaired) electrons. The van der Waals surface area contributed by atoms with Crippen LogP contribution in [0.1, 0.15) is 21.1 Å². The number of aldehydes is 2. The molecular formula is C30H32BBrN2O8. The van der Waals surface area contributed by atoms with Crippen molar-refractivity contribution in [2.45, 2.75) is 0 Å². The molecule has 2 saturated heterocycles. The first-order chi connectivity index (χ1) is 20.5. The average molecular weight is 639 g/mol. The van der Waals surface area contributed by atoms with Crippen LogP contribution in [0.5, 0.6) is 0 Å². The van der Waals surface area contributed by atoms with Gasteiger partial charge in [-0.25, -0.2) is 0 Å². The van der Waals surface area contributed by atoms with E-state index >= 15 is 0 Å². The van der Waals surface area contributed by atoms with Crippen LogP contribution >= 0.6 is 15.9 Å². The lowest BCUT2D eigenvalue weighted by Gasteiger charge is -2.28. The second kappa shape index (κ2) is 16.1. The largest absolute Gasteiger partial charge is 0.526 e. The Kier molecular flexibility index (Phi) is 12.0. The van der Waals surface area contributed by atoms with Crippen LogP contribution < -0.4 is 15.5 Å². The molecule has 2 N–H and O–H groups in total. The van der Waals surface area contributed by atoms with Crippen molar-refractivity contribution in [3.05, 3.63) is 88.8 Å². The summed E-state index contributed by atoms with van der Waals surface area (Å²) in [5.41, 5.74) is 3.42. The number of benzene rings is 2. The van der Waals surface area contributed by atoms with Gasteiger partial charge in [-0.05, 0) is 72.8 Å². The summed E-state index contributed by atoms with van der Waals surface area (Å²) < 4.78 is 21.8. The molecule has 0 amide bonds. The third-order valence-electron chi connectivity index (χ3n) is 6.49. The van der Waals surface area contributed by atoms with Gasteiger partial charge in [-0.1, -0.05) is 15.9 Å². The minimum absolute atomic E-state index is 0.0258. The number of carbonyl (C=O) groups excluding carboxylic acids is 2. The van der Waals surface area contributed by atoms with Crippen LogP contribution in [0.4, 0.5) is 11.4 Å². The van der Waals surface area contributed by atoms with Crippen molar-refractivity contribution in [2.75, 3.05) is 62.4 Å². The molecule has 0 bridgehead atoms. The average Bonchev–Trinajstić information content (AvgIpc) is 3.74. The number of furan rings is 2. The fourth-order valence-corrected chi connectivity index (χ4v) is 4.54. The molecule has 4 aromatic rings. The number of hydrogen-bond donors (Lipinski definition) is 2. The fraction of sp³-hybridized carbons (Fsp3) is 0.267. The van der Waals surface area contributed by atoms with Gasteiger partial charge in [-0.15, -0.1) is 0 Å². The molecule has 2 aliphatic heterocycles. The van der Waals surface area contributed by atoms with E-state index in [1.807, 2.05) is 18.2 Å². The highest BCUT2D eigenvalue weighted by atomic mass is 79.9. The van der Waals surface area contributed by atoms with E-state index in [0.717, 1.165) is 68.4 Å². The normalized spacial score (nSPS) is 14.6. The van der Waals surface area contributed by atoms with E-state index in [1.54, 1.807) is 6.07 Å². The zero-order valence-electron chi connectivity index (χ0n) is 22.9. The molecule has 0 saturated carbocycles. The summed E-state index contributed by atoms with van der Waals surface area (Å²) in [6, 6.07) is 22.8. The van der Waals surface area contributed by atoms with Crippen molar-refractivity contribution in [2.24, 2.45) is 0 Å². The maximum atomic E-state index is 10.6. The highest BCUT2D eigenvalue weighted by Gasteiger charge is 2.15. The van der Waals surface area contributed by atoms with Crippen LogP contribution in [0, 0.1) is 0 Å². The van der Waals surface area contributed by atoms with E-state index in [-0.39, 0.29) is 11.4 Å². The van der Waals surface area contributed by atoms with E-state index in [0.29, 0.717) is 18.3 Å². The molecule has 2 aromatic carbocycles. The Morgan fingerprint density at radius 1 is 0.643 bits per heavy atom. The molecule has 0 aliphatic carbocycles. The smallest absolute Gasteiger partial charge is 0.462 e. The van der Waals surface area contributed by atoms with Crippen molar-refractivity contribution in [3.63, 3.8) is 0 Å². The standard InChI is InChI=1S/C15H15NO3.C10H12BrNO.C5H5BO4/c17-11-14-5-6-15(19-14)12-1-3-13(4-2-12)16-7-9-18-10-8-16;11-9-1-3-10(4-2-9)12-5-7-13-8-6-12;7-3-4-1-2-5(10-4)6(8)9/h1-6,11H,7-10H2;1-4H,5-8H2;1-3,8-9H. The Bertz CT molecular complexity index is 1380. The monoisotopic (exact) mass is 638 g/mol. The highest BCUT2D eigenvalue weighted by Crippen LogP contribution is 2.25. The third-order valence-corrected chi connectivity index (χ3v) is 7.02. The quantitative estimate of drug-likeness (QED) is 0.239. The van der Waals surface area contributed by atoms with Crippen LogP contribution in [0.15, 0.2) is 86.1 Å². The molecule has 2 aromatic heterocycles. The van der Waals surface area contributed by atoms with E-state index < -0.39 is 7.12 Å². The number of carbonyl (C=O) groups is 2. The van der Waals surface area contributed by atoms with Crippen molar-refractivity contribution in [1.29, 1.82) is 0 Å². The van der Waals surface area contributed by atoms with Crippen molar-refractivity contribution in [3.8, 4) is 11.3 Å². The molecule has 42 heavy (non-hydrogen) atoms. The number of ether oxygens (including phenoxy) is 2. The molecule has 0 unspecified atom stereocenters. The van der Waals surface area contributed by atoms with Crippen LogP contribution in [-0.4, -0.2) is 82.3 Å². The zero-order chi connectivity index (χ0) is 29.7. The SMILES string of the molecule is Brc1ccc(N2CCOCC2)cc1.O=Cc1ccc(-c2ccc(N3CCOCC3)cc2)o1.O=Cc1ccc(B(O)O)o1. The molecule has 2 fully saturated rings. The number of rotatable bonds is 6. The molecule has 10 nitrogen and oxygen atoms in total. The number of anilines is 2. The van der Waals surface area contributed by atoms with Crippen molar-refractivity contribution >= 4 is 52.7 Å². The Labute approximate surface area is 252 Å². The first kappa shape index (κ1) is 31.3. The molecule has 12 heteroatoms. The second-order valence-corrected chi connectivity index (χ2v) is 10.2. The summed E-state index contributed by atoms with van der Waals surface area (Å²) >= 11 is 3.43. The lowest BCUT2D eigenvalue weighted by Crippen LogP contribution is -2.36. The summed E-state index contributed by atoms with van der Waals surface area (Å²) in [5, 5.41) is 17.0. The third kappa shape index (κ3) is 9.17. The van der Waals surface area contributed by atoms with Gasteiger partial charge >= 0.3 is 7.12 Å². The van der Waals surface area contributed by atoms with E-state index in [4.69, 9.17) is 23.9 Å². The number of hydrogen-bond acceptors (Lipinski definition) is 10. The van der Waals surface area contributed by atoms with E-state index in [1.165, 1.54) is 23.5 Å². The summed E-state index contributed by atoms with van der Waals surface area (Å²) in [6.07, 6.45) is 1.21. The van der Waals surface area contributed by atoms with Gasteiger partial charge in [-0.2, -0.15) is 0 Å². The first-order valence-electron chi connectivity index (χ1n) is 13.4. The number of halogens is 1. The molecule has 220 valence electrons. The minimum atomic E-state index is -1.64. The van der Waals surface area contributed by atoms with Crippen LogP contribution in [0.25, 0.3) is 11.3 Å². The lowest BCUT2D eigenvalue weighted by atomic mass is 9.88. The van der Waals surface area contributed by atoms with Gasteiger partial charge in [0, 0.05) is 47.6 Å². The molecular weight excluding hydrogens is 607 g/mol. The highest BCUT2D eigenvalue weighted by molar-refractivity contribution is 9.10. The first-order valence-corrected chi connectivity index (χ1v) is 14.2. The molecule has 4 heterocycles. The topological polar surface area (TPSA) is 126 Å². The Balaban J connectivity index is 0.000000154. The summed E-state index contributed by atoms with van der Waals surface area (Å²) in [5.74, 6) is 1.16. The maximum absolute atomic E-state index is 10.6. The minimum Gasteiger partial charge on any atom is -0.462 e. The number of nitrogens with zero attached hydrogens (tertiary/aromatic N) is 2. The van der Waals surface area contributed by atoms with Gasteiger partial charge in [0.15, 0.2) is 24.1 Å². The fourth-order valence-electron chi connectivity index (χ4n) is 4.27. The van der Waals surface area contributed by atoms with Gasteiger partial charge < -0.3 is 38.2 Å². The molecule has 2 aliphatic rings. The Morgan fingerprint density at radius 3 is 1.55 bits per heavy atom. The molecule has 6 rings (SSSR count). The zero-order valence-corrected chi connectivity index (χ0v) is 24.5. The van der Waals surface area contributed by atoms with Gasteiger partial charge in [-0.3, -0.25) is 9.59 Å². The predicted molar refractivity (Wildman–Crippen MR) is 164 cm³/mol. The molecule has 0 spiro atoms. The maximum Gasteiger partial charge on any atom is 0.526 e. The Hall–Kier alpha value is -3.68.